The number of benzene rings is 1. The fourth-order valence-corrected chi connectivity index (χ4v) is 3.31. The first kappa shape index (κ1) is 11.2. The third kappa shape index (κ3) is 1.86. The van der Waals surface area contributed by atoms with Crippen molar-refractivity contribution in [2.24, 2.45) is 5.92 Å². The highest BCUT2D eigenvalue weighted by Crippen LogP contribution is 2.63. The van der Waals surface area contributed by atoms with E-state index in [4.69, 9.17) is 23.2 Å². The second-order valence-corrected chi connectivity index (χ2v) is 5.62. The van der Waals surface area contributed by atoms with Gasteiger partial charge in [-0.15, -0.1) is 0 Å². The smallest absolute Gasteiger partial charge is 0.0843 e. The van der Waals surface area contributed by atoms with Crippen LogP contribution in [0.3, 0.4) is 0 Å². The predicted octanol–water partition coefficient (Wildman–Crippen LogP) is 4.58. The van der Waals surface area contributed by atoms with Gasteiger partial charge in [-0.1, -0.05) is 36.2 Å². The summed E-state index contributed by atoms with van der Waals surface area (Å²) >= 11 is 12.4. The summed E-state index contributed by atoms with van der Waals surface area (Å²) in [4.78, 5) is -0.314. The zero-order valence-corrected chi connectivity index (χ0v) is 10.6. The van der Waals surface area contributed by atoms with Crippen LogP contribution >= 0.6 is 23.2 Å². The average Bonchev–Trinajstić information content (AvgIpc) is 2.66. The van der Waals surface area contributed by atoms with E-state index in [-0.39, 0.29) is 4.87 Å². The van der Waals surface area contributed by atoms with E-state index in [0.717, 1.165) is 11.4 Å². The molecule has 0 radical (unpaired) electrons. The Morgan fingerprint density at radius 3 is 2.53 bits per heavy atom. The number of hydrogen-bond acceptors (Lipinski definition) is 0. The lowest BCUT2D eigenvalue weighted by Gasteiger charge is -2.02. The number of alkyl halides is 1. The van der Waals surface area contributed by atoms with Crippen molar-refractivity contribution in [1.82, 2.24) is 0 Å². The van der Waals surface area contributed by atoms with E-state index in [2.05, 4.69) is 26.8 Å². The topological polar surface area (TPSA) is 0 Å². The summed E-state index contributed by atoms with van der Waals surface area (Å²) in [6, 6.07) is 6.14. The summed E-state index contributed by atoms with van der Waals surface area (Å²) in [6.45, 7) is 8.28. The standard InChI is InChI=1S/C13H15Cl2/c1-4-11-12(13(11,3)15)9-5-8(2)6-10(14)7-9/h5-7,11-12H,3-4H2,1-2H3/q+1. The van der Waals surface area contributed by atoms with E-state index in [1.54, 1.807) is 0 Å². The monoisotopic (exact) mass is 241 g/mol. The maximum Gasteiger partial charge on any atom is 0.189 e. The molecule has 15 heavy (non-hydrogen) atoms. The highest BCUT2D eigenvalue weighted by atomic mass is 35.5. The largest absolute Gasteiger partial charge is 0.189 e. The van der Waals surface area contributed by atoms with Crippen LogP contribution in [0.15, 0.2) is 18.2 Å². The van der Waals surface area contributed by atoms with Crippen molar-refractivity contribution >= 4 is 23.2 Å². The summed E-state index contributed by atoms with van der Waals surface area (Å²) in [5.74, 6) is 0.846. The normalized spacial score (nSPS) is 34.1. The molecule has 0 aliphatic heterocycles. The third-order valence-electron chi connectivity index (χ3n) is 3.29. The highest BCUT2D eigenvalue weighted by Gasteiger charge is 2.66. The van der Waals surface area contributed by atoms with Crippen molar-refractivity contribution in [2.45, 2.75) is 31.1 Å². The molecule has 1 fully saturated rings. The van der Waals surface area contributed by atoms with Crippen LogP contribution in [0.4, 0.5) is 0 Å². The van der Waals surface area contributed by atoms with Gasteiger partial charge in [0, 0.05) is 10.9 Å². The molecule has 80 valence electrons. The van der Waals surface area contributed by atoms with Gasteiger partial charge in [-0.3, -0.25) is 0 Å². The van der Waals surface area contributed by atoms with Gasteiger partial charge in [0.2, 0.25) is 0 Å². The predicted molar refractivity (Wildman–Crippen MR) is 66.7 cm³/mol. The van der Waals surface area contributed by atoms with Crippen LogP contribution in [-0.2, 0) is 0 Å². The minimum atomic E-state index is -0.314. The van der Waals surface area contributed by atoms with Crippen LogP contribution in [0.25, 0.3) is 0 Å². The zero-order valence-electron chi connectivity index (χ0n) is 9.06. The van der Waals surface area contributed by atoms with Gasteiger partial charge in [0.15, 0.2) is 4.87 Å². The van der Waals surface area contributed by atoms with Crippen LogP contribution < -0.4 is 0 Å². The molecular weight excluding hydrogens is 227 g/mol. The Morgan fingerprint density at radius 1 is 1.40 bits per heavy atom. The molecule has 1 aliphatic rings. The number of rotatable bonds is 2. The molecule has 2 heteroatoms. The van der Waals surface area contributed by atoms with Crippen molar-refractivity contribution < 1.29 is 0 Å². The lowest BCUT2D eigenvalue weighted by atomic mass is 10.1. The minimum absolute atomic E-state index is 0.314. The van der Waals surface area contributed by atoms with Crippen LogP contribution in [0.1, 0.15) is 30.4 Å². The van der Waals surface area contributed by atoms with Gasteiger partial charge in [-0.25, -0.2) is 0 Å². The molecule has 0 amide bonds. The van der Waals surface area contributed by atoms with Crippen molar-refractivity contribution in [1.29, 1.82) is 0 Å². The molecule has 0 nitrogen and oxygen atoms in total. The zero-order chi connectivity index (χ0) is 11.2. The van der Waals surface area contributed by atoms with Gasteiger partial charge in [-0.05, 0) is 36.6 Å². The SMILES string of the molecule is [CH2+]C1(Cl)C(CC)C1c1cc(C)cc(Cl)c1. The molecule has 3 unspecified atom stereocenters. The first-order valence-corrected chi connectivity index (χ1v) is 6.03. The van der Waals surface area contributed by atoms with Crippen molar-refractivity contribution in [3.63, 3.8) is 0 Å². The lowest BCUT2D eigenvalue weighted by Crippen LogP contribution is -1.95. The van der Waals surface area contributed by atoms with Crippen molar-refractivity contribution in [2.75, 3.05) is 0 Å². The van der Waals surface area contributed by atoms with Gasteiger partial charge < -0.3 is 0 Å². The molecule has 3 atom stereocenters. The van der Waals surface area contributed by atoms with Gasteiger partial charge in [0.1, 0.15) is 0 Å². The van der Waals surface area contributed by atoms with Crippen molar-refractivity contribution in [3.05, 3.63) is 41.3 Å². The molecule has 0 spiro atoms. The Bertz CT molecular complexity index is 362. The average molecular weight is 242 g/mol. The molecule has 1 aromatic carbocycles. The van der Waals surface area contributed by atoms with Crippen molar-refractivity contribution in [3.8, 4) is 0 Å². The van der Waals surface area contributed by atoms with Crippen LogP contribution in [0, 0.1) is 19.8 Å². The van der Waals surface area contributed by atoms with Crippen LogP contribution in [0.5, 0.6) is 0 Å². The molecule has 1 aromatic rings. The fourth-order valence-electron chi connectivity index (χ4n) is 2.51. The van der Waals surface area contributed by atoms with E-state index >= 15 is 0 Å². The Labute approximate surface area is 102 Å². The second-order valence-electron chi connectivity index (χ2n) is 4.48. The second kappa shape index (κ2) is 3.61. The molecular formula is C13H15Cl2+. The molecule has 2 rings (SSSR count). The van der Waals surface area contributed by atoms with Gasteiger partial charge in [0.25, 0.3) is 0 Å². The molecule has 0 saturated heterocycles. The maximum atomic E-state index is 6.36. The maximum absolute atomic E-state index is 6.36. The summed E-state index contributed by atoms with van der Waals surface area (Å²) in [7, 11) is 0. The Balaban J connectivity index is 2.32. The quantitative estimate of drug-likeness (QED) is 0.525. The Morgan fingerprint density at radius 2 is 2.07 bits per heavy atom. The number of hydrogen-bond donors (Lipinski definition) is 0. The first-order chi connectivity index (χ1) is 6.96. The van der Waals surface area contributed by atoms with E-state index in [9.17, 15) is 0 Å². The van der Waals surface area contributed by atoms with E-state index < -0.39 is 0 Å². The van der Waals surface area contributed by atoms with E-state index in [1.165, 1.54) is 11.1 Å². The van der Waals surface area contributed by atoms with Gasteiger partial charge in [0.05, 0.1) is 12.8 Å². The van der Waals surface area contributed by atoms with Crippen LogP contribution in [0.2, 0.25) is 5.02 Å². The molecule has 0 heterocycles. The summed E-state index contributed by atoms with van der Waals surface area (Å²) < 4.78 is 0. The minimum Gasteiger partial charge on any atom is -0.0843 e. The molecule has 0 N–H and O–H groups in total. The lowest BCUT2D eigenvalue weighted by molar-refractivity contribution is 0.749. The van der Waals surface area contributed by atoms with E-state index in [1.807, 2.05) is 12.1 Å². The first-order valence-electron chi connectivity index (χ1n) is 5.28. The highest BCUT2D eigenvalue weighted by molar-refractivity contribution is 6.31. The number of aryl methyl sites for hydroxylation is 1. The molecule has 0 aromatic heterocycles. The van der Waals surface area contributed by atoms with Gasteiger partial charge in [-0.2, -0.15) is 0 Å². The molecule has 0 bridgehead atoms. The number of halogens is 2. The Kier molecular flexibility index (Phi) is 2.68. The molecule has 1 aliphatic carbocycles. The fraction of sp³-hybridized carbons (Fsp3) is 0.462. The summed E-state index contributed by atoms with van der Waals surface area (Å²) in [6.07, 6.45) is 1.07. The van der Waals surface area contributed by atoms with Gasteiger partial charge >= 0.3 is 0 Å². The summed E-state index contributed by atoms with van der Waals surface area (Å²) in [5.41, 5.74) is 2.42. The Hall–Kier alpha value is -0.330. The van der Waals surface area contributed by atoms with Crippen LogP contribution in [-0.4, -0.2) is 4.87 Å². The molecule has 1 saturated carbocycles. The third-order valence-corrected chi connectivity index (χ3v) is 4.02. The summed E-state index contributed by atoms with van der Waals surface area (Å²) in [5, 5.41) is 0.791. The van der Waals surface area contributed by atoms with E-state index in [0.29, 0.717) is 11.8 Å².